The lowest BCUT2D eigenvalue weighted by Gasteiger charge is -2.13. The summed E-state index contributed by atoms with van der Waals surface area (Å²) in [4.78, 5) is 19.7. The highest BCUT2D eigenvalue weighted by atomic mass is 16.1. The van der Waals surface area contributed by atoms with Crippen LogP contribution in [0.25, 0.3) is 0 Å². The fourth-order valence-electron chi connectivity index (χ4n) is 3.03. The van der Waals surface area contributed by atoms with E-state index in [1.54, 1.807) is 11.9 Å². The van der Waals surface area contributed by atoms with Gasteiger partial charge in [0.2, 0.25) is 5.91 Å². The van der Waals surface area contributed by atoms with Gasteiger partial charge in [0, 0.05) is 30.9 Å². The molecule has 3 N–H and O–H groups in total. The van der Waals surface area contributed by atoms with Crippen LogP contribution in [0.4, 0.5) is 23.0 Å². The molecule has 6 heteroatoms. The van der Waals surface area contributed by atoms with Crippen molar-refractivity contribution in [3.05, 3.63) is 48.3 Å². The summed E-state index contributed by atoms with van der Waals surface area (Å²) in [5, 5.41) is 9.38. The van der Waals surface area contributed by atoms with Crippen molar-refractivity contribution in [1.29, 1.82) is 0 Å². The van der Waals surface area contributed by atoms with E-state index in [-0.39, 0.29) is 5.91 Å². The Hall–Kier alpha value is -2.89. The first-order valence-corrected chi connectivity index (χ1v) is 9.07. The number of anilines is 4. The molecule has 1 aliphatic carbocycles. The molecule has 1 aromatic heterocycles. The van der Waals surface area contributed by atoms with Gasteiger partial charge in [0.15, 0.2) is 0 Å². The maximum atomic E-state index is 11.2. The molecule has 1 aromatic carbocycles. The van der Waals surface area contributed by atoms with Gasteiger partial charge in [-0.3, -0.25) is 4.79 Å². The Morgan fingerprint density at radius 1 is 1.12 bits per heavy atom. The normalized spacial score (nSPS) is 13.7. The van der Waals surface area contributed by atoms with Gasteiger partial charge in [-0.25, -0.2) is 9.97 Å². The lowest BCUT2D eigenvalue weighted by Crippen LogP contribution is -2.07. The van der Waals surface area contributed by atoms with Crippen LogP contribution in [0.15, 0.2) is 48.3 Å². The average molecular weight is 351 g/mol. The van der Waals surface area contributed by atoms with Crippen molar-refractivity contribution in [3.63, 3.8) is 0 Å². The maximum Gasteiger partial charge on any atom is 0.221 e. The third kappa shape index (κ3) is 5.58. The summed E-state index contributed by atoms with van der Waals surface area (Å²) < 4.78 is 0. The quantitative estimate of drug-likeness (QED) is 0.641. The lowest BCUT2D eigenvalue weighted by molar-refractivity contribution is -0.114. The first-order chi connectivity index (χ1) is 12.7. The molecule has 0 spiro atoms. The standard InChI is InChI=1S/C20H25N5O/c1-15(26)24-17-8-5-9-18(12-17)25-20-13-19(22-14-23-20)21-11-10-16-6-3-2-4-7-16/h5-6,8-9,12-14H,2-4,7,10-11H2,1H3,(H,24,26)(H2,21,22,23,25). The molecule has 3 rings (SSSR count). The molecule has 0 saturated carbocycles. The van der Waals surface area contributed by atoms with E-state index in [0.717, 1.165) is 30.2 Å². The van der Waals surface area contributed by atoms with Gasteiger partial charge in [-0.1, -0.05) is 17.7 Å². The summed E-state index contributed by atoms with van der Waals surface area (Å²) in [7, 11) is 0. The van der Waals surface area contributed by atoms with E-state index in [4.69, 9.17) is 0 Å². The zero-order valence-corrected chi connectivity index (χ0v) is 15.1. The molecule has 26 heavy (non-hydrogen) atoms. The highest BCUT2D eigenvalue weighted by Gasteiger charge is 2.05. The van der Waals surface area contributed by atoms with Gasteiger partial charge < -0.3 is 16.0 Å². The van der Waals surface area contributed by atoms with E-state index in [2.05, 4.69) is 32.0 Å². The number of hydrogen-bond donors (Lipinski definition) is 3. The van der Waals surface area contributed by atoms with Crippen molar-refractivity contribution >= 4 is 28.9 Å². The Balaban J connectivity index is 1.57. The minimum Gasteiger partial charge on any atom is -0.370 e. The van der Waals surface area contributed by atoms with Crippen LogP contribution >= 0.6 is 0 Å². The van der Waals surface area contributed by atoms with E-state index < -0.39 is 0 Å². The van der Waals surface area contributed by atoms with Gasteiger partial charge >= 0.3 is 0 Å². The Bertz CT molecular complexity index is 787. The second kappa shape index (κ2) is 8.99. The first-order valence-electron chi connectivity index (χ1n) is 9.07. The van der Waals surface area contributed by atoms with E-state index in [0.29, 0.717) is 5.82 Å². The van der Waals surface area contributed by atoms with Crippen molar-refractivity contribution in [1.82, 2.24) is 9.97 Å². The number of aromatic nitrogens is 2. The molecular weight excluding hydrogens is 326 g/mol. The third-order valence-electron chi connectivity index (χ3n) is 4.26. The van der Waals surface area contributed by atoms with Crippen LogP contribution in [0.3, 0.4) is 0 Å². The van der Waals surface area contributed by atoms with Crippen LogP contribution in [0, 0.1) is 0 Å². The monoisotopic (exact) mass is 351 g/mol. The highest BCUT2D eigenvalue weighted by Crippen LogP contribution is 2.21. The summed E-state index contributed by atoms with van der Waals surface area (Å²) in [5.41, 5.74) is 3.15. The average Bonchev–Trinajstić information content (AvgIpc) is 2.63. The van der Waals surface area contributed by atoms with Gasteiger partial charge in [-0.05, 0) is 50.3 Å². The summed E-state index contributed by atoms with van der Waals surface area (Å²) in [6.07, 6.45) is 10.1. The number of carbonyl (C=O) groups excluding carboxylic acids is 1. The zero-order chi connectivity index (χ0) is 18.2. The summed E-state index contributed by atoms with van der Waals surface area (Å²) in [5.74, 6) is 1.42. The summed E-state index contributed by atoms with van der Waals surface area (Å²) >= 11 is 0. The number of carbonyl (C=O) groups is 1. The van der Waals surface area contributed by atoms with Gasteiger partial charge in [0.1, 0.15) is 18.0 Å². The van der Waals surface area contributed by atoms with Gasteiger partial charge in [0.25, 0.3) is 0 Å². The molecule has 2 aromatic rings. The van der Waals surface area contributed by atoms with Crippen molar-refractivity contribution < 1.29 is 4.79 Å². The summed E-state index contributed by atoms with van der Waals surface area (Å²) in [6, 6.07) is 9.41. The molecule has 0 aliphatic heterocycles. The van der Waals surface area contributed by atoms with Crippen LogP contribution in [0.1, 0.15) is 39.0 Å². The van der Waals surface area contributed by atoms with Crippen molar-refractivity contribution in [3.8, 4) is 0 Å². The van der Waals surface area contributed by atoms with E-state index in [9.17, 15) is 4.79 Å². The summed E-state index contributed by atoms with van der Waals surface area (Å²) in [6.45, 7) is 2.37. The Kier molecular flexibility index (Phi) is 6.19. The fraction of sp³-hybridized carbons (Fsp3) is 0.350. The largest absolute Gasteiger partial charge is 0.370 e. The number of amides is 1. The van der Waals surface area contributed by atoms with Gasteiger partial charge in [-0.2, -0.15) is 0 Å². The van der Waals surface area contributed by atoms with Crippen LogP contribution in [0.2, 0.25) is 0 Å². The number of hydrogen-bond acceptors (Lipinski definition) is 5. The second-order valence-electron chi connectivity index (χ2n) is 6.46. The number of benzene rings is 1. The van der Waals surface area contributed by atoms with Crippen molar-refractivity contribution in [2.75, 3.05) is 22.5 Å². The van der Waals surface area contributed by atoms with E-state index in [1.807, 2.05) is 30.3 Å². The van der Waals surface area contributed by atoms with Crippen LogP contribution < -0.4 is 16.0 Å². The molecule has 0 atom stereocenters. The molecule has 136 valence electrons. The number of nitrogens with one attached hydrogen (secondary N) is 3. The van der Waals surface area contributed by atoms with Gasteiger partial charge in [-0.15, -0.1) is 0 Å². The molecule has 0 bridgehead atoms. The predicted molar refractivity (Wildman–Crippen MR) is 106 cm³/mol. The predicted octanol–water partition coefficient (Wildman–Crippen LogP) is 4.48. The van der Waals surface area contributed by atoms with Crippen LogP contribution in [0.5, 0.6) is 0 Å². The first kappa shape index (κ1) is 17.9. The number of allylic oxidation sites excluding steroid dienone is 1. The SMILES string of the molecule is CC(=O)Nc1cccc(Nc2cc(NCCC3=CCCCC3)ncn2)c1. The molecular formula is C20H25N5O. The molecule has 0 saturated heterocycles. The molecule has 0 unspecified atom stereocenters. The smallest absolute Gasteiger partial charge is 0.221 e. The number of rotatable bonds is 7. The molecule has 6 nitrogen and oxygen atoms in total. The fourth-order valence-corrected chi connectivity index (χ4v) is 3.03. The highest BCUT2D eigenvalue weighted by molar-refractivity contribution is 5.89. The molecule has 1 heterocycles. The molecule has 0 fully saturated rings. The Morgan fingerprint density at radius 3 is 2.77 bits per heavy atom. The lowest BCUT2D eigenvalue weighted by atomic mass is 9.97. The minimum atomic E-state index is -0.0937. The van der Waals surface area contributed by atoms with Crippen molar-refractivity contribution in [2.24, 2.45) is 0 Å². The van der Waals surface area contributed by atoms with Crippen LogP contribution in [-0.4, -0.2) is 22.4 Å². The zero-order valence-electron chi connectivity index (χ0n) is 15.1. The topological polar surface area (TPSA) is 78.9 Å². The van der Waals surface area contributed by atoms with Gasteiger partial charge in [0.05, 0.1) is 0 Å². The Labute approximate surface area is 154 Å². The molecule has 1 amide bonds. The molecule has 0 radical (unpaired) electrons. The number of nitrogens with zero attached hydrogens (tertiary/aromatic N) is 2. The molecule has 1 aliphatic rings. The minimum absolute atomic E-state index is 0.0937. The van der Waals surface area contributed by atoms with E-state index in [1.165, 1.54) is 32.6 Å². The maximum absolute atomic E-state index is 11.2. The van der Waals surface area contributed by atoms with Crippen LogP contribution in [-0.2, 0) is 4.79 Å². The Morgan fingerprint density at radius 2 is 1.96 bits per heavy atom. The second-order valence-corrected chi connectivity index (χ2v) is 6.46. The van der Waals surface area contributed by atoms with E-state index >= 15 is 0 Å². The third-order valence-corrected chi connectivity index (χ3v) is 4.26. The van der Waals surface area contributed by atoms with Crippen molar-refractivity contribution in [2.45, 2.75) is 39.0 Å².